The molecule has 3 aromatic carbocycles. The summed E-state index contributed by atoms with van der Waals surface area (Å²) in [6.07, 6.45) is 4.97. The van der Waals surface area contributed by atoms with E-state index in [1.54, 1.807) is 12.1 Å². The number of hydrogen-bond donors (Lipinski definition) is 2. The molecule has 0 aliphatic heterocycles. The fourth-order valence-corrected chi connectivity index (χ4v) is 4.82. The van der Waals surface area contributed by atoms with Crippen LogP contribution in [0.1, 0.15) is 30.4 Å². The minimum absolute atomic E-state index is 0.539. The number of carboxylic acids is 1. The Morgan fingerprint density at radius 1 is 0.912 bits per heavy atom. The highest BCUT2D eigenvalue weighted by Gasteiger charge is 2.44. The predicted octanol–water partition coefficient (Wildman–Crippen LogP) is 5.14. The van der Waals surface area contributed by atoms with E-state index in [1.807, 2.05) is 48.5 Å². The zero-order valence-electron chi connectivity index (χ0n) is 19.2. The van der Waals surface area contributed by atoms with Gasteiger partial charge in [0.2, 0.25) is 10.0 Å². The highest BCUT2D eigenvalue weighted by atomic mass is 32.2. The van der Waals surface area contributed by atoms with Gasteiger partial charge in [0.15, 0.2) is 0 Å². The number of anilines is 1. The summed E-state index contributed by atoms with van der Waals surface area (Å²) in [6.45, 7) is 0.545. The second kappa shape index (κ2) is 9.89. The summed E-state index contributed by atoms with van der Waals surface area (Å²) in [5.41, 5.74) is 4.21. The van der Waals surface area contributed by atoms with Gasteiger partial charge in [0, 0.05) is 12.1 Å². The second-order valence-electron chi connectivity index (χ2n) is 9.01. The molecule has 0 atom stereocenters. The van der Waals surface area contributed by atoms with Crippen molar-refractivity contribution >= 4 is 21.7 Å². The molecule has 2 N–H and O–H groups in total. The molecular weight excluding hydrogens is 450 g/mol. The molecule has 0 aromatic heterocycles. The van der Waals surface area contributed by atoms with Crippen molar-refractivity contribution in [2.45, 2.75) is 32.1 Å². The number of sulfonamides is 1. The van der Waals surface area contributed by atoms with Crippen molar-refractivity contribution in [2.75, 3.05) is 17.6 Å². The summed E-state index contributed by atoms with van der Waals surface area (Å²) in [7, 11) is -3.28. The number of carboxylic acid groups (broad SMARTS) is 1. The van der Waals surface area contributed by atoms with Crippen LogP contribution in [0.15, 0.2) is 72.8 Å². The Hall–Kier alpha value is -3.32. The normalized spacial score (nSPS) is 14.7. The Morgan fingerprint density at radius 2 is 1.47 bits per heavy atom. The predicted molar refractivity (Wildman–Crippen MR) is 134 cm³/mol. The Labute approximate surface area is 200 Å². The molecule has 178 valence electrons. The van der Waals surface area contributed by atoms with Crippen molar-refractivity contribution in [1.29, 1.82) is 0 Å². The van der Waals surface area contributed by atoms with E-state index in [-0.39, 0.29) is 0 Å². The van der Waals surface area contributed by atoms with E-state index in [0.717, 1.165) is 59.9 Å². The average molecular weight is 480 g/mol. The van der Waals surface area contributed by atoms with Crippen molar-refractivity contribution in [1.82, 2.24) is 0 Å². The van der Waals surface area contributed by atoms with Crippen LogP contribution in [0, 0.1) is 5.41 Å². The number of carbonyl (C=O) groups is 1. The summed E-state index contributed by atoms with van der Waals surface area (Å²) in [5.74, 6) is 0.0900. The maximum atomic E-state index is 11.6. The topological polar surface area (TPSA) is 92.7 Å². The van der Waals surface area contributed by atoms with E-state index in [2.05, 4.69) is 16.9 Å². The van der Waals surface area contributed by atoms with Gasteiger partial charge in [-0.1, -0.05) is 55.0 Å². The van der Waals surface area contributed by atoms with E-state index in [0.29, 0.717) is 18.7 Å². The fourth-order valence-electron chi connectivity index (χ4n) is 4.26. The largest absolute Gasteiger partial charge is 0.493 e. The quantitative estimate of drug-likeness (QED) is 0.420. The van der Waals surface area contributed by atoms with Crippen LogP contribution < -0.4 is 9.46 Å². The standard InChI is InChI=1S/C27H29NO5S/c1-34(31,32)28-24-11-9-23(10-12-24)22-7-3-20(4-8-22)15-18-33-25-13-5-21(6-14-25)19-27(26(29)30)16-2-17-27/h3-14,28H,2,15-19H2,1H3,(H,29,30). The first-order valence-electron chi connectivity index (χ1n) is 11.3. The second-order valence-corrected chi connectivity index (χ2v) is 10.8. The number of benzene rings is 3. The van der Waals surface area contributed by atoms with E-state index in [9.17, 15) is 18.3 Å². The first-order valence-corrected chi connectivity index (χ1v) is 13.2. The molecule has 1 aliphatic rings. The van der Waals surface area contributed by atoms with Crippen molar-refractivity contribution in [3.8, 4) is 16.9 Å². The van der Waals surface area contributed by atoms with E-state index in [4.69, 9.17) is 4.74 Å². The molecule has 0 unspecified atom stereocenters. The zero-order valence-corrected chi connectivity index (χ0v) is 20.0. The van der Waals surface area contributed by atoms with E-state index in [1.165, 1.54) is 0 Å². The summed E-state index contributed by atoms with van der Waals surface area (Å²) < 4.78 is 31.0. The number of rotatable bonds is 10. The van der Waals surface area contributed by atoms with Gasteiger partial charge in [0.25, 0.3) is 0 Å². The zero-order chi connectivity index (χ0) is 24.2. The van der Waals surface area contributed by atoms with Gasteiger partial charge in [-0.05, 0) is 65.8 Å². The van der Waals surface area contributed by atoms with Gasteiger partial charge < -0.3 is 9.84 Å². The van der Waals surface area contributed by atoms with Crippen LogP contribution in [-0.4, -0.2) is 32.4 Å². The molecule has 4 rings (SSSR count). The molecule has 0 saturated heterocycles. The van der Waals surface area contributed by atoms with Gasteiger partial charge in [-0.25, -0.2) is 8.42 Å². The molecule has 1 aliphatic carbocycles. The summed E-state index contributed by atoms with van der Waals surface area (Å²) in [4.78, 5) is 11.6. The SMILES string of the molecule is CS(=O)(=O)Nc1ccc(-c2ccc(CCOc3ccc(CC4(C(=O)O)CCC4)cc3)cc2)cc1. The number of hydrogen-bond acceptors (Lipinski definition) is 4. The lowest BCUT2D eigenvalue weighted by atomic mass is 9.65. The van der Waals surface area contributed by atoms with Crippen LogP contribution >= 0.6 is 0 Å². The first-order chi connectivity index (χ1) is 16.2. The maximum absolute atomic E-state index is 11.6. The number of ether oxygens (including phenoxy) is 1. The van der Waals surface area contributed by atoms with Gasteiger partial charge in [-0.3, -0.25) is 9.52 Å². The Balaban J connectivity index is 1.27. The Kier molecular flexibility index (Phi) is 6.93. The molecule has 0 heterocycles. The third kappa shape index (κ3) is 5.97. The highest BCUT2D eigenvalue weighted by molar-refractivity contribution is 7.92. The van der Waals surface area contributed by atoms with Gasteiger partial charge in [0.05, 0.1) is 18.3 Å². The molecule has 7 heteroatoms. The number of aliphatic carboxylic acids is 1. The van der Waals surface area contributed by atoms with Gasteiger partial charge >= 0.3 is 5.97 Å². The lowest BCUT2D eigenvalue weighted by molar-refractivity contribution is -0.154. The summed E-state index contributed by atoms with van der Waals surface area (Å²) in [5, 5.41) is 9.51. The molecule has 6 nitrogen and oxygen atoms in total. The Morgan fingerprint density at radius 3 is 1.97 bits per heavy atom. The number of nitrogens with one attached hydrogen (secondary N) is 1. The molecule has 3 aromatic rings. The van der Waals surface area contributed by atoms with Crippen molar-refractivity contribution in [2.24, 2.45) is 5.41 Å². The lowest BCUT2D eigenvalue weighted by Gasteiger charge is -2.37. The van der Waals surface area contributed by atoms with Crippen molar-refractivity contribution in [3.63, 3.8) is 0 Å². The minimum atomic E-state index is -3.28. The molecule has 0 radical (unpaired) electrons. The van der Waals surface area contributed by atoms with Crippen LogP contribution in [0.3, 0.4) is 0 Å². The summed E-state index contributed by atoms with van der Waals surface area (Å²) >= 11 is 0. The van der Waals surface area contributed by atoms with Crippen LogP contribution in [0.4, 0.5) is 5.69 Å². The maximum Gasteiger partial charge on any atom is 0.309 e. The van der Waals surface area contributed by atoms with Gasteiger partial charge in [-0.15, -0.1) is 0 Å². The first kappa shape index (κ1) is 23.8. The molecular formula is C27H29NO5S. The average Bonchev–Trinajstić information content (AvgIpc) is 2.77. The Bertz CT molecular complexity index is 1230. The van der Waals surface area contributed by atoms with Crippen LogP contribution in [-0.2, 0) is 27.7 Å². The monoisotopic (exact) mass is 479 g/mol. The smallest absolute Gasteiger partial charge is 0.309 e. The minimum Gasteiger partial charge on any atom is -0.493 e. The van der Waals surface area contributed by atoms with E-state index < -0.39 is 21.4 Å². The third-order valence-corrected chi connectivity index (χ3v) is 6.97. The molecule has 1 fully saturated rings. The van der Waals surface area contributed by atoms with Crippen molar-refractivity contribution in [3.05, 3.63) is 83.9 Å². The van der Waals surface area contributed by atoms with Gasteiger partial charge in [0.1, 0.15) is 5.75 Å². The summed E-state index contributed by atoms with van der Waals surface area (Å²) in [6, 6.07) is 23.2. The van der Waals surface area contributed by atoms with Crippen molar-refractivity contribution < 1.29 is 23.1 Å². The van der Waals surface area contributed by atoms with Crippen LogP contribution in [0.2, 0.25) is 0 Å². The van der Waals surface area contributed by atoms with Crippen LogP contribution in [0.25, 0.3) is 11.1 Å². The highest BCUT2D eigenvalue weighted by Crippen LogP contribution is 2.44. The third-order valence-electron chi connectivity index (χ3n) is 6.37. The van der Waals surface area contributed by atoms with E-state index >= 15 is 0 Å². The molecule has 0 bridgehead atoms. The molecule has 0 amide bonds. The van der Waals surface area contributed by atoms with Crippen LogP contribution in [0.5, 0.6) is 5.75 Å². The van der Waals surface area contributed by atoms with Gasteiger partial charge in [-0.2, -0.15) is 0 Å². The lowest BCUT2D eigenvalue weighted by Crippen LogP contribution is -2.39. The molecule has 34 heavy (non-hydrogen) atoms. The molecule has 1 saturated carbocycles. The molecule has 0 spiro atoms. The fraction of sp³-hybridized carbons (Fsp3) is 0.296.